The molecule has 21 heteroatoms. The Morgan fingerprint density at radius 1 is 0.922 bits per heavy atom. The molecule has 2 aromatic carbocycles. The van der Waals surface area contributed by atoms with Crippen molar-refractivity contribution in [1.82, 2.24) is 40.6 Å². The highest BCUT2D eigenvalue weighted by atomic mass is 19.4. The summed E-state index contributed by atoms with van der Waals surface area (Å²) in [4.78, 5) is 40.0. The molecule has 5 atom stereocenters. The average Bonchev–Trinajstić information content (AvgIpc) is 3.78. The number of aliphatic hydroxyl groups excluding tert-OH is 1. The van der Waals surface area contributed by atoms with E-state index in [0.717, 1.165) is 88.0 Å². The molecule has 0 spiro atoms. The van der Waals surface area contributed by atoms with Crippen LogP contribution in [0.5, 0.6) is 0 Å². The van der Waals surface area contributed by atoms with Crippen molar-refractivity contribution in [2.75, 3.05) is 44.9 Å². The second-order valence-electron chi connectivity index (χ2n) is 16.9. The largest absolute Gasteiger partial charge is 0.453 e. The van der Waals surface area contributed by atoms with Crippen LogP contribution in [0.25, 0.3) is 22.4 Å². The number of amides is 2. The number of nitrogens with zero attached hydrogens (tertiary/aromatic N) is 6. The van der Waals surface area contributed by atoms with Gasteiger partial charge in [0.25, 0.3) is 6.43 Å². The Bertz CT molecular complexity index is 2210. The Labute approximate surface area is 364 Å². The molecule has 3 aliphatic rings. The van der Waals surface area contributed by atoms with Crippen LogP contribution in [0.1, 0.15) is 37.8 Å². The van der Waals surface area contributed by atoms with Crippen molar-refractivity contribution in [3.05, 3.63) is 83.8 Å². The maximum atomic E-state index is 15.2. The minimum atomic E-state index is -4.97. The van der Waals surface area contributed by atoms with Gasteiger partial charge in [-0.15, -0.1) is 0 Å². The number of fused-ring (bicyclic) bond motifs is 2. The van der Waals surface area contributed by atoms with E-state index >= 15 is 8.78 Å². The number of nitrogens with one attached hydrogen (secondary N) is 3. The number of aromatic nitrogens is 4. The van der Waals surface area contributed by atoms with Crippen molar-refractivity contribution in [2.45, 2.75) is 95.1 Å². The van der Waals surface area contributed by atoms with E-state index in [1.54, 1.807) is 36.7 Å². The summed E-state index contributed by atoms with van der Waals surface area (Å²) in [5, 5.41) is 22.5. The molecule has 3 aliphatic heterocycles. The number of carbonyl (C=O) groups is 2. The Kier molecular flexibility index (Phi) is 14.1. The lowest BCUT2D eigenvalue weighted by Crippen LogP contribution is -2.62. The Balaban J connectivity index is 1.04. The fourth-order valence-electron chi connectivity index (χ4n) is 8.44. The van der Waals surface area contributed by atoms with Crippen LogP contribution < -0.4 is 20.9 Å². The van der Waals surface area contributed by atoms with Crippen LogP contribution in [-0.2, 0) is 33.8 Å². The van der Waals surface area contributed by atoms with Gasteiger partial charge >= 0.3 is 12.3 Å². The highest BCUT2D eigenvalue weighted by molar-refractivity contribution is 5.87. The zero-order chi connectivity index (χ0) is 45.9. The van der Waals surface area contributed by atoms with E-state index in [2.05, 4.69) is 40.2 Å². The topological polar surface area (TPSA) is 159 Å². The summed E-state index contributed by atoms with van der Waals surface area (Å²) >= 11 is 0. The average molecular weight is 906 g/mol. The number of carbonyl (C=O) groups excluding carboxylic acids is 2. The molecule has 0 saturated carbocycles. The quantitative estimate of drug-likeness (QED) is 0.105. The lowest BCUT2D eigenvalue weighted by Gasteiger charge is -2.47. The van der Waals surface area contributed by atoms with Crippen molar-refractivity contribution in [3.8, 4) is 22.4 Å². The number of alkyl carbamates (subject to hydrolysis) is 1. The molecule has 2 amide bonds. The molecule has 4 N–H and O–H groups in total. The maximum absolute atomic E-state index is 15.2. The van der Waals surface area contributed by atoms with Gasteiger partial charge in [-0.2, -0.15) is 18.3 Å². The first-order valence-electron chi connectivity index (χ1n) is 20.8. The summed E-state index contributed by atoms with van der Waals surface area (Å²) in [5.41, 5.74) is -1.16. The number of piperazine rings is 1. The number of hydrogen-bond acceptors (Lipinski definition) is 11. The van der Waals surface area contributed by atoms with Crippen LogP contribution >= 0.6 is 0 Å². The van der Waals surface area contributed by atoms with Crippen LogP contribution in [0.3, 0.4) is 0 Å². The van der Waals surface area contributed by atoms with Gasteiger partial charge in [0, 0.05) is 73.5 Å². The molecule has 5 heterocycles. The monoisotopic (exact) mass is 905 g/mol. The smallest absolute Gasteiger partial charge is 0.407 e. The normalized spacial score (nSPS) is 19.6. The summed E-state index contributed by atoms with van der Waals surface area (Å²) in [6, 6.07) is 8.06. The summed E-state index contributed by atoms with van der Waals surface area (Å²) in [6.07, 6.45) is -3.69. The predicted octanol–water partition coefficient (Wildman–Crippen LogP) is 5.09. The van der Waals surface area contributed by atoms with Crippen molar-refractivity contribution in [1.29, 1.82) is 0 Å². The lowest BCUT2D eigenvalue weighted by molar-refractivity contribution is -0.220. The molecular weight excluding hydrogens is 856 g/mol. The number of hydrogen-bond donors (Lipinski definition) is 4. The molecule has 2 aromatic heterocycles. The first-order chi connectivity index (χ1) is 30.4. The maximum Gasteiger partial charge on any atom is 0.407 e. The second-order valence-corrected chi connectivity index (χ2v) is 16.9. The molecule has 0 aliphatic carbocycles. The van der Waals surface area contributed by atoms with Crippen LogP contribution in [0.15, 0.2) is 61.1 Å². The van der Waals surface area contributed by atoms with E-state index in [4.69, 9.17) is 4.74 Å². The predicted molar refractivity (Wildman–Crippen MR) is 219 cm³/mol. The van der Waals surface area contributed by atoms with Gasteiger partial charge < -0.3 is 35.4 Å². The molecule has 2 unspecified atom stereocenters. The van der Waals surface area contributed by atoms with E-state index in [9.17, 15) is 36.6 Å². The molecule has 64 heavy (non-hydrogen) atoms. The van der Waals surface area contributed by atoms with Crippen molar-refractivity contribution in [3.63, 3.8) is 0 Å². The number of ether oxygens (including phenoxy) is 2. The van der Waals surface area contributed by atoms with Gasteiger partial charge in [0.2, 0.25) is 11.9 Å². The first kappa shape index (κ1) is 46.6. The summed E-state index contributed by atoms with van der Waals surface area (Å²) < 4.78 is 110. The molecule has 7 rings (SSSR count). The zero-order valence-electron chi connectivity index (χ0n) is 35.3. The van der Waals surface area contributed by atoms with Gasteiger partial charge in [0.15, 0.2) is 0 Å². The van der Waals surface area contributed by atoms with Crippen LogP contribution in [0.2, 0.25) is 0 Å². The third-order valence-corrected chi connectivity index (χ3v) is 12.3. The molecule has 2 bridgehead atoms. The van der Waals surface area contributed by atoms with Crippen molar-refractivity contribution in [2.24, 2.45) is 5.41 Å². The molecular formula is C43H50F7N9O5. The van der Waals surface area contributed by atoms with Gasteiger partial charge in [-0.05, 0) is 62.4 Å². The van der Waals surface area contributed by atoms with E-state index in [1.165, 1.54) is 12.3 Å². The number of alkyl halides is 5. The van der Waals surface area contributed by atoms with Crippen molar-refractivity contribution >= 4 is 17.9 Å². The first-order valence-corrected chi connectivity index (χ1v) is 20.8. The molecule has 3 saturated heterocycles. The van der Waals surface area contributed by atoms with Crippen LogP contribution in [-0.4, -0.2) is 131 Å². The Morgan fingerprint density at radius 3 is 2.12 bits per heavy atom. The van der Waals surface area contributed by atoms with Crippen molar-refractivity contribution < 1.29 is 54.9 Å². The van der Waals surface area contributed by atoms with E-state index < -0.39 is 85.0 Å². The minimum absolute atomic E-state index is 0.00179. The third-order valence-electron chi connectivity index (χ3n) is 12.3. The number of benzene rings is 2. The van der Waals surface area contributed by atoms with E-state index in [1.807, 2.05) is 5.32 Å². The fourth-order valence-corrected chi connectivity index (χ4v) is 8.44. The third kappa shape index (κ3) is 10.4. The zero-order valence-corrected chi connectivity index (χ0v) is 35.3. The highest BCUT2D eigenvalue weighted by Gasteiger charge is 2.56. The Morgan fingerprint density at radius 2 is 1.56 bits per heavy atom. The molecule has 0 radical (unpaired) electrons. The SMILES string of the molecule is COC(=O)N[C@H](C(=O)N[C@@H](Cc1ccc(-c2cnc(N3CC4CCC(C3)N4C3COC3)nc2)cc1)[C@@H](O)CNCc1c(F)cc(-c2ccn(CC(F)F)n2)cc1F)C(C)(C)C(F)(F)F. The lowest BCUT2D eigenvalue weighted by atomic mass is 9.82. The van der Waals surface area contributed by atoms with E-state index in [-0.39, 0.29) is 17.7 Å². The molecule has 346 valence electrons. The number of rotatable bonds is 17. The number of methoxy groups -OCH3 is 1. The summed E-state index contributed by atoms with van der Waals surface area (Å²) in [7, 11) is 0.925. The van der Waals surface area contributed by atoms with Gasteiger partial charge in [-0.25, -0.2) is 32.3 Å². The molecule has 4 aromatic rings. The Hall–Kier alpha value is -5.38. The number of anilines is 1. The molecule has 14 nitrogen and oxygen atoms in total. The summed E-state index contributed by atoms with van der Waals surface area (Å²) in [5.74, 6) is -2.64. The fraction of sp³-hybridized carbons (Fsp3) is 0.512. The molecule has 3 fully saturated rings. The summed E-state index contributed by atoms with van der Waals surface area (Å²) in [6.45, 7) is 3.09. The van der Waals surface area contributed by atoms with Gasteiger partial charge in [-0.1, -0.05) is 24.3 Å². The van der Waals surface area contributed by atoms with Crippen LogP contribution in [0, 0.1) is 17.0 Å². The van der Waals surface area contributed by atoms with Crippen LogP contribution in [0.4, 0.5) is 41.5 Å². The van der Waals surface area contributed by atoms with Gasteiger partial charge in [0.05, 0.1) is 49.6 Å². The standard InChI is InChI=1S/C43H50F7N9O5/c1-42(2,43(48,49)50)38(55-41(62)63-3)39(61)54-35(36(60)18-51-17-31-32(44)13-26(14-33(31)45)34-10-11-58(56-34)21-37(46)47)12-24-4-6-25(7-5-24)27-15-52-40(53-16-27)57-19-28-8-9-29(20-57)59(28)30-22-64-23-30/h4-7,10-11,13-16,28-30,35-38,51,60H,8-9,12,17-23H2,1-3H3,(H,54,61)(H,55,62)/t28?,29?,35-,36-,38+/m0/s1. The van der Waals surface area contributed by atoms with Gasteiger partial charge in [-0.3, -0.25) is 14.4 Å². The minimum Gasteiger partial charge on any atom is -0.453 e. The number of aliphatic hydroxyl groups is 1. The van der Waals surface area contributed by atoms with Gasteiger partial charge in [0.1, 0.15) is 24.2 Å². The van der Waals surface area contributed by atoms with E-state index in [0.29, 0.717) is 29.6 Å². The highest BCUT2D eigenvalue weighted by Crippen LogP contribution is 2.41. The number of halogens is 7. The second kappa shape index (κ2) is 19.4.